The fourth-order valence-electron chi connectivity index (χ4n) is 3.80. The van der Waals surface area contributed by atoms with E-state index in [1.165, 1.54) is 0 Å². The van der Waals surface area contributed by atoms with E-state index in [2.05, 4.69) is 0 Å². The van der Waals surface area contributed by atoms with Gasteiger partial charge in [0.2, 0.25) is 5.91 Å². The first-order valence-electron chi connectivity index (χ1n) is 9.60. The third-order valence-electron chi connectivity index (χ3n) is 5.62. The normalized spacial score (nSPS) is 19.5. The summed E-state index contributed by atoms with van der Waals surface area (Å²) < 4.78 is 21.3. The van der Waals surface area contributed by atoms with E-state index >= 15 is 0 Å². The van der Waals surface area contributed by atoms with Crippen LogP contribution >= 0.6 is 0 Å². The van der Waals surface area contributed by atoms with Crippen LogP contribution in [0.3, 0.4) is 0 Å². The van der Waals surface area contributed by atoms with Crippen LogP contribution in [-0.2, 0) is 39.4 Å². The zero-order chi connectivity index (χ0) is 20.6. The van der Waals surface area contributed by atoms with Crippen molar-refractivity contribution < 1.29 is 28.5 Å². The third kappa shape index (κ3) is 4.37. The van der Waals surface area contributed by atoms with Crippen molar-refractivity contribution in [3.05, 3.63) is 35.4 Å². The molecule has 7 heteroatoms. The number of benzene rings is 1. The standard InChI is InChI=1S/C21H31NO6/c1-4-28-19(24)20(9-12-25-2,10-13-26-3)16-5-7-17(8-6-16)21(18(22)23)11-14-27-15-21/h5-8H,4,9-15H2,1-3H3,(H2,22,23). The molecule has 1 atom stereocenters. The van der Waals surface area contributed by atoms with Gasteiger partial charge in [-0.2, -0.15) is 0 Å². The van der Waals surface area contributed by atoms with Crippen LogP contribution < -0.4 is 5.73 Å². The number of hydrogen-bond donors (Lipinski definition) is 1. The van der Waals surface area contributed by atoms with Gasteiger partial charge >= 0.3 is 5.97 Å². The fraction of sp³-hybridized carbons (Fsp3) is 0.619. The number of nitrogens with two attached hydrogens (primary N) is 1. The van der Waals surface area contributed by atoms with Gasteiger partial charge in [0.25, 0.3) is 0 Å². The summed E-state index contributed by atoms with van der Waals surface area (Å²) in [4.78, 5) is 25.1. The summed E-state index contributed by atoms with van der Waals surface area (Å²) in [5.41, 5.74) is 5.60. The minimum absolute atomic E-state index is 0.276. The number of amides is 1. The minimum Gasteiger partial charge on any atom is -0.465 e. The summed E-state index contributed by atoms with van der Waals surface area (Å²) in [6.45, 7) is 3.67. The molecule has 0 spiro atoms. The van der Waals surface area contributed by atoms with Gasteiger partial charge in [-0.1, -0.05) is 24.3 Å². The summed E-state index contributed by atoms with van der Waals surface area (Å²) in [6.07, 6.45) is 1.49. The molecule has 1 fully saturated rings. The van der Waals surface area contributed by atoms with Crippen molar-refractivity contribution in [2.24, 2.45) is 5.73 Å². The zero-order valence-corrected chi connectivity index (χ0v) is 17.0. The Labute approximate surface area is 166 Å². The Morgan fingerprint density at radius 3 is 2.18 bits per heavy atom. The van der Waals surface area contributed by atoms with Crippen molar-refractivity contribution in [3.8, 4) is 0 Å². The van der Waals surface area contributed by atoms with Gasteiger partial charge in [0.15, 0.2) is 0 Å². The Balaban J connectivity index is 2.44. The van der Waals surface area contributed by atoms with Crippen LogP contribution in [0.2, 0.25) is 0 Å². The number of ether oxygens (including phenoxy) is 4. The van der Waals surface area contributed by atoms with Gasteiger partial charge in [-0.25, -0.2) is 0 Å². The van der Waals surface area contributed by atoms with E-state index in [9.17, 15) is 9.59 Å². The van der Waals surface area contributed by atoms with Crippen molar-refractivity contribution in [2.75, 3.05) is 47.3 Å². The van der Waals surface area contributed by atoms with Gasteiger partial charge in [0.05, 0.1) is 24.0 Å². The molecule has 7 nitrogen and oxygen atoms in total. The van der Waals surface area contributed by atoms with Crippen molar-refractivity contribution >= 4 is 11.9 Å². The summed E-state index contributed by atoms with van der Waals surface area (Å²) >= 11 is 0. The third-order valence-corrected chi connectivity index (χ3v) is 5.62. The molecule has 1 heterocycles. The maximum absolute atomic E-state index is 13.0. The molecule has 1 aliphatic rings. The maximum Gasteiger partial charge on any atom is 0.316 e. The summed E-state index contributed by atoms with van der Waals surface area (Å²) in [6, 6.07) is 7.48. The second-order valence-corrected chi connectivity index (χ2v) is 7.11. The molecule has 1 aromatic carbocycles. The molecule has 0 bridgehead atoms. The van der Waals surface area contributed by atoms with E-state index in [4.69, 9.17) is 24.7 Å². The van der Waals surface area contributed by atoms with E-state index < -0.39 is 16.7 Å². The molecule has 0 aliphatic carbocycles. The summed E-state index contributed by atoms with van der Waals surface area (Å²) in [5, 5.41) is 0. The lowest BCUT2D eigenvalue weighted by atomic mass is 9.73. The molecule has 0 radical (unpaired) electrons. The predicted octanol–water partition coefficient (Wildman–Crippen LogP) is 1.70. The lowest BCUT2D eigenvalue weighted by Crippen LogP contribution is -2.42. The predicted molar refractivity (Wildman–Crippen MR) is 104 cm³/mol. The smallest absolute Gasteiger partial charge is 0.316 e. The van der Waals surface area contributed by atoms with Gasteiger partial charge < -0.3 is 24.7 Å². The quantitative estimate of drug-likeness (QED) is 0.575. The van der Waals surface area contributed by atoms with Crippen molar-refractivity contribution in [3.63, 3.8) is 0 Å². The summed E-state index contributed by atoms with van der Waals surface area (Å²) in [5.74, 6) is -0.696. The van der Waals surface area contributed by atoms with Gasteiger partial charge in [-0.05, 0) is 37.3 Å². The Morgan fingerprint density at radius 1 is 1.14 bits per heavy atom. The molecule has 1 aromatic rings. The van der Waals surface area contributed by atoms with E-state index in [1.54, 1.807) is 21.1 Å². The molecule has 1 amide bonds. The highest BCUT2D eigenvalue weighted by Crippen LogP contribution is 2.37. The lowest BCUT2D eigenvalue weighted by molar-refractivity contribution is -0.152. The lowest BCUT2D eigenvalue weighted by Gasteiger charge is -2.32. The van der Waals surface area contributed by atoms with Crippen molar-refractivity contribution in [1.82, 2.24) is 0 Å². The first kappa shape index (κ1) is 22.3. The van der Waals surface area contributed by atoms with E-state index in [1.807, 2.05) is 24.3 Å². The van der Waals surface area contributed by atoms with Crippen LogP contribution in [0.15, 0.2) is 24.3 Å². The number of esters is 1. The first-order valence-corrected chi connectivity index (χ1v) is 9.60. The molecule has 0 saturated carbocycles. The van der Waals surface area contributed by atoms with Gasteiger partial charge in [-0.15, -0.1) is 0 Å². The second kappa shape index (κ2) is 10.0. The van der Waals surface area contributed by atoms with E-state index in [-0.39, 0.29) is 12.6 Å². The zero-order valence-electron chi connectivity index (χ0n) is 17.0. The average Bonchev–Trinajstić information content (AvgIpc) is 3.20. The molecule has 1 saturated heterocycles. The molecular formula is C21H31NO6. The van der Waals surface area contributed by atoms with Gasteiger partial charge in [0, 0.05) is 34.0 Å². The average molecular weight is 393 g/mol. The molecule has 2 rings (SSSR count). The Morgan fingerprint density at radius 2 is 1.75 bits per heavy atom. The molecule has 1 aliphatic heterocycles. The van der Waals surface area contributed by atoms with Gasteiger partial charge in [-0.3, -0.25) is 9.59 Å². The summed E-state index contributed by atoms with van der Waals surface area (Å²) in [7, 11) is 3.21. The number of hydrogen-bond acceptors (Lipinski definition) is 6. The maximum atomic E-state index is 13.0. The molecule has 1 unspecified atom stereocenters. The topological polar surface area (TPSA) is 97.1 Å². The highest BCUT2D eigenvalue weighted by atomic mass is 16.5. The van der Waals surface area contributed by atoms with Crippen LogP contribution in [-0.4, -0.2) is 59.1 Å². The number of primary amides is 1. The molecule has 0 aromatic heterocycles. The monoisotopic (exact) mass is 393 g/mol. The fourth-order valence-corrected chi connectivity index (χ4v) is 3.80. The van der Waals surface area contributed by atoms with Crippen molar-refractivity contribution in [2.45, 2.75) is 37.0 Å². The Bertz CT molecular complexity index is 643. The largest absolute Gasteiger partial charge is 0.465 e. The first-order chi connectivity index (χ1) is 13.5. The Kier molecular flexibility index (Phi) is 7.98. The van der Waals surface area contributed by atoms with Crippen LogP contribution in [0.1, 0.15) is 37.3 Å². The number of methoxy groups -OCH3 is 2. The van der Waals surface area contributed by atoms with E-state index in [0.29, 0.717) is 45.7 Å². The number of carbonyl (C=O) groups is 2. The highest BCUT2D eigenvalue weighted by Gasteiger charge is 2.44. The number of rotatable bonds is 11. The Hall–Kier alpha value is -1.96. The number of carbonyl (C=O) groups excluding carboxylic acids is 2. The molecule has 2 N–H and O–H groups in total. The molecular weight excluding hydrogens is 362 g/mol. The van der Waals surface area contributed by atoms with Crippen LogP contribution in [0, 0.1) is 0 Å². The van der Waals surface area contributed by atoms with Crippen LogP contribution in [0.4, 0.5) is 0 Å². The molecule has 28 heavy (non-hydrogen) atoms. The van der Waals surface area contributed by atoms with Crippen molar-refractivity contribution in [1.29, 1.82) is 0 Å². The SMILES string of the molecule is CCOC(=O)C(CCOC)(CCOC)c1ccc(C2(C(N)=O)CCOC2)cc1. The second-order valence-electron chi connectivity index (χ2n) is 7.11. The van der Waals surface area contributed by atoms with E-state index in [0.717, 1.165) is 11.1 Å². The molecule has 156 valence electrons. The highest BCUT2D eigenvalue weighted by molar-refractivity contribution is 5.87. The van der Waals surface area contributed by atoms with Crippen LogP contribution in [0.5, 0.6) is 0 Å². The minimum atomic E-state index is -0.882. The van der Waals surface area contributed by atoms with Gasteiger partial charge in [0.1, 0.15) is 0 Å². The van der Waals surface area contributed by atoms with Crippen LogP contribution in [0.25, 0.3) is 0 Å².